The van der Waals surface area contributed by atoms with E-state index in [1.807, 2.05) is 0 Å². The number of allylic oxidation sites excluding steroid dienone is 2. The number of benzene rings is 1. The fraction of sp³-hybridized carbons (Fsp3) is 0.438. The van der Waals surface area contributed by atoms with Gasteiger partial charge < -0.3 is 4.74 Å². The first-order valence-corrected chi connectivity index (χ1v) is 7.64. The Kier molecular flexibility index (Phi) is 5.02. The molecule has 0 aromatic heterocycles. The highest BCUT2D eigenvalue weighted by Gasteiger charge is 2.62. The summed E-state index contributed by atoms with van der Waals surface area (Å²) >= 11 is 10.3. The van der Waals surface area contributed by atoms with Gasteiger partial charge in [0.05, 0.1) is 11.0 Å². The highest BCUT2D eigenvalue weighted by molar-refractivity contribution is 6.38. The van der Waals surface area contributed by atoms with Crippen LogP contribution in [-0.2, 0) is 9.53 Å². The molecule has 3 unspecified atom stereocenters. The van der Waals surface area contributed by atoms with Crippen molar-refractivity contribution in [2.24, 2.45) is 17.3 Å². The number of ether oxygens (including phenoxy) is 1. The highest BCUT2D eigenvalue weighted by Crippen LogP contribution is 2.60. The van der Waals surface area contributed by atoms with E-state index >= 15 is 0 Å². The van der Waals surface area contributed by atoms with E-state index in [1.165, 1.54) is 12.1 Å². The second-order valence-corrected chi connectivity index (χ2v) is 6.88. The molecular formula is C16H15Cl2F3O2. The van der Waals surface area contributed by atoms with Gasteiger partial charge in [-0.25, -0.2) is 0 Å². The smallest absolute Gasteiger partial charge is 0.358 e. The zero-order valence-electron chi connectivity index (χ0n) is 12.4. The summed E-state index contributed by atoms with van der Waals surface area (Å²) in [6.45, 7) is 3.37. The Hall–Kier alpha value is -1.20. The van der Waals surface area contributed by atoms with Gasteiger partial charge in [-0.15, -0.1) is 0 Å². The molecule has 2 rings (SSSR count). The van der Waals surface area contributed by atoms with E-state index in [9.17, 15) is 18.0 Å². The third-order valence-electron chi connectivity index (χ3n) is 4.04. The Morgan fingerprint density at radius 1 is 1.35 bits per heavy atom. The van der Waals surface area contributed by atoms with Crippen LogP contribution >= 0.6 is 23.2 Å². The van der Waals surface area contributed by atoms with Crippen molar-refractivity contribution in [2.75, 3.05) is 0 Å². The summed E-state index contributed by atoms with van der Waals surface area (Å²) < 4.78 is 44.6. The first kappa shape index (κ1) is 18.1. The largest absolute Gasteiger partial charge is 0.426 e. The van der Waals surface area contributed by atoms with Crippen molar-refractivity contribution in [3.63, 3.8) is 0 Å². The maximum Gasteiger partial charge on any atom is 0.358 e. The van der Waals surface area contributed by atoms with Crippen LogP contribution in [0.3, 0.4) is 0 Å². The summed E-state index contributed by atoms with van der Waals surface area (Å²) in [6.07, 6.45) is -0.870. The lowest BCUT2D eigenvalue weighted by molar-refractivity contribution is -0.161. The second kappa shape index (κ2) is 6.36. The molecule has 1 fully saturated rings. The van der Waals surface area contributed by atoms with Crippen molar-refractivity contribution in [1.29, 1.82) is 0 Å². The average molecular weight is 367 g/mol. The van der Waals surface area contributed by atoms with Gasteiger partial charge in [-0.05, 0) is 22.9 Å². The quantitative estimate of drug-likeness (QED) is 0.513. The third-order valence-corrected chi connectivity index (χ3v) is 4.71. The van der Waals surface area contributed by atoms with Crippen molar-refractivity contribution in [3.8, 4) is 0 Å². The first-order valence-electron chi connectivity index (χ1n) is 6.89. The number of carbonyl (C=O) groups is 1. The first-order chi connectivity index (χ1) is 10.5. The molecule has 1 aromatic carbocycles. The molecule has 2 nitrogen and oxygen atoms in total. The molecule has 0 heterocycles. The molecule has 1 aliphatic rings. The molecule has 0 bridgehead atoms. The van der Waals surface area contributed by atoms with Crippen LogP contribution in [0.5, 0.6) is 0 Å². The van der Waals surface area contributed by atoms with E-state index in [0.29, 0.717) is 0 Å². The second-order valence-electron chi connectivity index (χ2n) is 6.00. The maximum absolute atomic E-state index is 14.0. The highest BCUT2D eigenvalue weighted by atomic mass is 35.5. The van der Waals surface area contributed by atoms with Gasteiger partial charge in [0.2, 0.25) is 0 Å². The minimum Gasteiger partial charge on any atom is -0.426 e. The SMILES string of the molecule is CC1(C)C(C=C(Cl)C(F)(F)Cl)C1C(=O)OC(F)c1ccccc1. The summed E-state index contributed by atoms with van der Waals surface area (Å²) in [5.41, 5.74) is -0.452. The van der Waals surface area contributed by atoms with Gasteiger partial charge in [-0.1, -0.05) is 61.9 Å². The zero-order valence-corrected chi connectivity index (χ0v) is 13.9. The Labute approximate surface area is 142 Å². The van der Waals surface area contributed by atoms with Crippen LogP contribution < -0.4 is 0 Å². The molecule has 3 atom stereocenters. The van der Waals surface area contributed by atoms with Crippen molar-refractivity contribution >= 4 is 29.2 Å². The van der Waals surface area contributed by atoms with Crippen LogP contribution in [0.1, 0.15) is 25.8 Å². The number of alkyl halides is 4. The molecule has 126 valence electrons. The fourth-order valence-corrected chi connectivity index (χ4v) is 2.74. The van der Waals surface area contributed by atoms with Crippen LogP contribution in [-0.4, -0.2) is 11.4 Å². The molecule has 0 amide bonds. The average Bonchev–Trinajstić information content (AvgIpc) is 2.99. The van der Waals surface area contributed by atoms with E-state index in [2.05, 4.69) is 0 Å². The minimum atomic E-state index is -3.69. The molecule has 7 heteroatoms. The standard InChI is InChI=1S/C16H15Cl2F3O2/c1-15(2)10(8-11(17)16(18,20)21)12(15)14(22)23-13(19)9-6-4-3-5-7-9/h3-8,10,12-13H,1-2H3. The van der Waals surface area contributed by atoms with Gasteiger partial charge in [0.25, 0.3) is 6.36 Å². The number of halogens is 5. The molecule has 0 aliphatic heterocycles. The lowest BCUT2D eigenvalue weighted by Crippen LogP contribution is -2.13. The van der Waals surface area contributed by atoms with Gasteiger partial charge in [-0.2, -0.15) is 13.2 Å². The van der Waals surface area contributed by atoms with Gasteiger partial charge in [0.15, 0.2) is 0 Å². The summed E-state index contributed by atoms with van der Waals surface area (Å²) in [5, 5.41) is -4.55. The number of carbonyl (C=O) groups excluding carboxylic acids is 1. The molecule has 0 radical (unpaired) electrons. The predicted molar refractivity (Wildman–Crippen MR) is 81.9 cm³/mol. The monoisotopic (exact) mass is 366 g/mol. The zero-order chi connectivity index (χ0) is 17.4. The maximum atomic E-state index is 14.0. The van der Waals surface area contributed by atoms with Crippen molar-refractivity contribution in [3.05, 3.63) is 47.0 Å². The van der Waals surface area contributed by atoms with Crippen LogP contribution in [0, 0.1) is 17.3 Å². The topological polar surface area (TPSA) is 26.3 Å². The lowest BCUT2D eigenvalue weighted by atomic mass is 10.1. The number of esters is 1. The summed E-state index contributed by atoms with van der Waals surface area (Å²) in [7, 11) is 0. The number of hydrogen-bond donors (Lipinski definition) is 0. The predicted octanol–water partition coefficient (Wildman–Crippen LogP) is 5.42. The van der Waals surface area contributed by atoms with Gasteiger partial charge in [0.1, 0.15) is 0 Å². The number of hydrogen-bond acceptors (Lipinski definition) is 2. The van der Waals surface area contributed by atoms with Crippen LogP contribution in [0.15, 0.2) is 41.4 Å². The Bertz CT molecular complexity index is 612. The molecule has 23 heavy (non-hydrogen) atoms. The molecule has 0 spiro atoms. The Morgan fingerprint density at radius 2 is 1.91 bits per heavy atom. The molecule has 0 saturated heterocycles. The summed E-state index contributed by atoms with van der Waals surface area (Å²) in [4.78, 5) is 12.1. The van der Waals surface area contributed by atoms with E-state index in [4.69, 9.17) is 27.9 Å². The van der Waals surface area contributed by atoms with Crippen LogP contribution in [0.25, 0.3) is 0 Å². The molecule has 1 aliphatic carbocycles. The van der Waals surface area contributed by atoms with Gasteiger partial charge in [-0.3, -0.25) is 4.79 Å². The Balaban J connectivity index is 2.06. The molecule has 1 aromatic rings. The summed E-state index contributed by atoms with van der Waals surface area (Å²) in [5.74, 6) is -2.14. The summed E-state index contributed by atoms with van der Waals surface area (Å²) in [6, 6.07) is 7.91. The number of rotatable bonds is 5. The van der Waals surface area contributed by atoms with Crippen LogP contribution in [0.2, 0.25) is 0 Å². The Morgan fingerprint density at radius 3 is 2.43 bits per heavy atom. The van der Waals surface area contributed by atoms with Crippen molar-refractivity contribution in [1.82, 2.24) is 0 Å². The normalized spacial score (nSPS) is 24.9. The minimum absolute atomic E-state index is 0.205. The molecule has 1 saturated carbocycles. The van der Waals surface area contributed by atoms with Gasteiger partial charge in [0, 0.05) is 5.56 Å². The third kappa shape index (κ3) is 4.01. The molecular weight excluding hydrogens is 352 g/mol. The van der Waals surface area contributed by atoms with Gasteiger partial charge >= 0.3 is 11.4 Å². The van der Waals surface area contributed by atoms with E-state index < -0.39 is 40.0 Å². The lowest BCUT2D eigenvalue weighted by Gasteiger charge is -2.10. The van der Waals surface area contributed by atoms with E-state index in [0.717, 1.165) is 6.08 Å². The fourth-order valence-electron chi connectivity index (χ4n) is 2.54. The molecule has 0 N–H and O–H groups in total. The van der Waals surface area contributed by atoms with E-state index in [1.54, 1.807) is 32.0 Å². The van der Waals surface area contributed by atoms with Crippen LogP contribution in [0.4, 0.5) is 13.2 Å². The van der Waals surface area contributed by atoms with Crippen molar-refractivity contribution in [2.45, 2.75) is 25.6 Å². The van der Waals surface area contributed by atoms with E-state index in [-0.39, 0.29) is 5.56 Å². The van der Waals surface area contributed by atoms with Crippen molar-refractivity contribution < 1.29 is 22.7 Å².